The summed E-state index contributed by atoms with van der Waals surface area (Å²) in [6.07, 6.45) is 2.92. The van der Waals surface area contributed by atoms with Gasteiger partial charge < -0.3 is 9.47 Å². The van der Waals surface area contributed by atoms with Crippen molar-refractivity contribution < 1.29 is 9.47 Å². The molecule has 0 bridgehead atoms. The molecule has 0 aliphatic carbocycles. The zero-order chi connectivity index (χ0) is 10.4. The molecule has 0 amide bonds. The SMILES string of the molecule is CCC(CC)N(CCOC)CC1CO1. The van der Waals surface area contributed by atoms with Crippen molar-refractivity contribution in [3.63, 3.8) is 0 Å². The maximum Gasteiger partial charge on any atom is 0.0936 e. The summed E-state index contributed by atoms with van der Waals surface area (Å²) >= 11 is 0. The molecule has 1 aliphatic rings. The summed E-state index contributed by atoms with van der Waals surface area (Å²) in [4.78, 5) is 2.50. The summed E-state index contributed by atoms with van der Waals surface area (Å²) in [6.45, 7) is 8.38. The number of epoxide rings is 1. The summed E-state index contributed by atoms with van der Waals surface area (Å²) in [7, 11) is 1.76. The topological polar surface area (TPSA) is 25.0 Å². The van der Waals surface area contributed by atoms with Gasteiger partial charge in [-0.2, -0.15) is 0 Å². The lowest BCUT2D eigenvalue weighted by atomic mass is 10.1. The van der Waals surface area contributed by atoms with Crippen molar-refractivity contribution >= 4 is 0 Å². The van der Waals surface area contributed by atoms with Gasteiger partial charge in [0, 0.05) is 26.2 Å². The largest absolute Gasteiger partial charge is 0.383 e. The average Bonchev–Trinajstić information content (AvgIpc) is 2.99. The van der Waals surface area contributed by atoms with Crippen LogP contribution in [0.15, 0.2) is 0 Å². The highest BCUT2D eigenvalue weighted by Crippen LogP contribution is 2.15. The monoisotopic (exact) mass is 201 g/mol. The molecule has 1 atom stereocenters. The lowest BCUT2D eigenvalue weighted by molar-refractivity contribution is 0.108. The first-order chi connectivity index (χ1) is 6.81. The van der Waals surface area contributed by atoms with Gasteiger partial charge in [-0.15, -0.1) is 0 Å². The fourth-order valence-electron chi connectivity index (χ4n) is 1.87. The average molecular weight is 201 g/mol. The zero-order valence-corrected chi connectivity index (χ0v) is 9.66. The second-order valence-corrected chi connectivity index (χ2v) is 3.91. The predicted molar refractivity (Wildman–Crippen MR) is 57.6 cm³/mol. The van der Waals surface area contributed by atoms with Gasteiger partial charge in [0.2, 0.25) is 0 Å². The minimum absolute atomic E-state index is 0.493. The van der Waals surface area contributed by atoms with Gasteiger partial charge in [0.1, 0.15) is 0 Å². The zero-order valence-electron chi connectivity index (χ0n) is 9.66. The molecule has 14 heavy (non-hydrogen) atoms. The molecule has 0 spiro atoms. The van der Waals surface area contributed by atoms with E-state index < -0.39 is 0 Å². The smallest absolute Gasteiger partial charge is 0.0936 e. The lowest BCUT2D eigenvalue weighted by Gasteiger charge is -2.29. The molecule has 1 fully saturated rings. The summed E-state index contributed by atoms with van der Waals surface area (Å²) in [5, 5.41) is 0. The Bertz CT molecular complexity index is 144. The Hall–Kier alpha value is -0.120. The lowest BCUT2D eigenvalue weighted by Crippen LogP contribution is -2.39. The fraction of sp³-hybridized carbons (Fsp3) is 1.00. The summed E-state index contributed by atoms with van der Waals surface area (Å²) < 4.78 is 10.4. The van der Waals surface area contributed by atoms with Crippen molar-refractivity contribution in [3.8, 4) is 0 Å². The fourth-order valence-corrected chi connectivity index (χ4v) is 1.87. The van der Waals surface area contributed by atoms with E-state index in [1.165, 1.54) is 12.8 Å². The Morgan fingerprint density at radius 2 is 2.07 bits per heavy atom. The van der Waals surface area contributed by atoms with Gasteiger partial charge in [0.15, 0.2) is 0 Å². The Kier molecular flexibility index (Phi) is 5.45. The molecular formula is C11H23NO2. The second-order valence-electron chi connectivity index (χ2n) is 3.91. The van der Waals surface area contributed by atoms with Crippen LogP contribution in [0.3, 0.4) is 0 Å². The highest BCUT2D eigenvalue weighted by molar-refractivity contribution is 4.78. The third-order valence-corrected chi connectivity index (χ3v) is 2.88. The summed E-state index contributed by atoms with van der Waals surface area (Å²) in [5.74, 6) is 0. The molecule has 0 N–H and O–H groups in total. The number of rotatable bonds is 8. The minimum atomic E-state index is 0.493. The molecule has 0 aromatic carbocycles. The number of ether oxygens (including phenoxy) is 2. The molecule has 0 aromatic heterocycles. The van der Waals surface area contributed by atoms with Crippen LogP contribution in [0.5, 0.6) is 0 Å². The number of hydrogen-bond donors (Lipinski definition) is 0. The molecule has 84 valence electrons. The van der Waals surface area contributed by atoms with Gasteiger partial charge in [-0.25, -0.2) is 0 Å². The minimum Gasteiger partial charge on any atom is -0.383 e. The molecule has 1 saturated heterocycles. The van der Waals surface area contributed by atoms with Crippen LogP contribution in [0, 0.1) is 0 Å². The molecule has 3 nitrogen and oxygen atoms in total. The summed E-state index contributed by atoms with van der Waals surface area (Å²) in [5.41, 5.74) is 0. The first-order valence-electron chi connectivity index (χ1n) is 5.66. The van der Waals surface area contributed by atoms with E-state index in [0.717, 1.165) is 26.3 Å². The van der Waals surface area contributed by atoms with E-state index in [4.69, 9.17) is 9.47 Å². The second kappa shape index (κ2) is 6.38. The number of hydrogen-bond acceptors (Lipinski definition) is 3. The van der Waals surface area contributed by atoms with Crippen molar-refractivity contribution in [2.24, 2.45) is 0 Å². The van der Waals surface area contributed by atoms with Gasteiger partial charge in [0.05, 0.1) is 19.3 Å². The standard InChI is InChI=1S/C11H23NO2/c1-4-10(5-2)12(6-7-13-3)8-11-9-14-11/h10-11H,4-9H2,1-3H3. The van der Waals surface area contributed by atoms with E-state index in [0.29, 0.717) is 12.1 Å². The highest BCUT2D eigenvalue weighted by Gasteiger charge is 2.27. The van der Waals surface area contributed by atoms with Crippen molar-refractivity contribution in [1.82, 2.24) is 4.90 Å². The first kappa shape index (κ1) is 12.0. The number of nitrogens with zero attached hydrogens (tertiary/aromatic N) is 1. The van der Waals surface area contributed by atoms with Gasteiger partial charge in [-0.3, -0.25) is 4.90 Å². The van der Waals surface area contributed by atoms with Crippen LogP contribution in [0.25, 0.3) is 0 Å². The number of methoxy groups -OCH3 is 1. The van der Waals surface area contributed by atoms with Gasteiger partial charge in [-0.1, -0.05) is 13.8 Å². The molecule has 3 heteroatoms. The predicted octanol–water partition coefficient (Wildman–Crippen LogP) is 1.52. The molecule has 0 radical (unpaired) electrons. The van der Waals surface area contributed by atoms with Crippen molar-refractivity contribution in [3.05, 3.63) is 0 Å². The molecule has 0 aromatic rings. The Morgan fingerprint density at radius 1 is 1.43 bits per heavy atom. The molecule has 0 saturated carbocycles. The van der Waals surface area contributed by atoms with Crippen LogP contribution in [-0.4, -0.2) is 50.5 Å². The van der Waals surface area contributed by atoms with Crippen LogP contribution >= 0.6 is 0 Å². The van der Waals surface area contributed by atoms with E-state index in [-0.39, 0.29) is 0 Å². The van der Waals surface area contributed by atoms with Crippen LogP contribution in [0.1, 0.15) is 26.7 Å². The Balaban J connectivity index is 2.31. The molecular weight excluding hydrogens is 178 g/mol. The van der Waals surface area contributed by atoms with E-state index in [9.17, 15) is 0 Å². The summed E-state index contributed by atoms with van der Waals surface area (Å²) in [6, 6.07) is 0.689. The van der Waals surface area contributed by atoms with E-state index in [1.54, 1.807) is 7.11 Å². The highest BCUT2D eigenvalue weighted by atomic mass is 16.6. The molecule has 1 rings (SSSR count). The van der Waals surface area contributed by atoms with E-state index in [1.807, 2.05) is 0 Å². The van der Waals surface area contributed by atoms with Gasteiger partial charge >= 0.3 is 0 Å². The molecule has 1 aliphatic heterocycles. The Morgan fingerprint density at radius 3 is 2.50 bits per heavy atom. The Labute approximate surface area is 87.4 Å². The maximum absolute atomic E-state index is 5.28. The normalized spacial score (nSPS) is 20.8. The molecule has 1 unspecified atom stereocenters. The van der Waals surface area contributed by atoms with E-state index >= 15 is 0 Å². The van der Waals surface area contributed by atoms with Crippen molar-refractivity contribution in [2.75, 3.05) is 33.4 Å². The van der Waals surface area contributed by atoms with Crippen LogP contribution in [0.2, 0.25) is 0 Å². The van der Waals surface area contributed by atoms with E-state index in [2.05, 4.69) is 18.7 Å². The first-order valence-corrected chi connectivity index (χ1v) is 5.66. The molecule has 1 heterocycles. The van der Waals surface area contributed by atoms with Crippen molar-refractivity contribution in [1.29, 1.82) is 0 Å². The maximum atomic E-state index is 5.28. The van der Waals surface area contributed by atoms with Crippen LogP contribution < -0.4 is 0 Å². The van der Waals surface area contributed by atoms with Gasteiger partial charge in [-0.05, 0) is 12.8 Å². The quantitative estimate of drug-likeness (QED) is 0.557. The third kappa shape index (κ3) is 3.95. The van der Waals surface area contributed by atoms with Crippen LogP contribution in [0.4, 0.5) is 0 Å². The van der Waals surface area contributed by atoms with Crippen molar-refractivity contribution in [2.45, 2.75) is 38.8 Å². The van der Waals surface area contributed by atoms with Gasteiger partial charge in [0.25, 0.3) is 0 Å². The van der Waals surface area contributed by atoms with Crippen LogP contribution in [-0.2, 0) is 9.47 Å². The third-order valence-electron chi connectivity index (χ3n) is 2.88.